The molecular weight excluding hydrogens is 298 g/mol. The third-order valence-electron chi connectivity index (χ3n) is 3.60. The number of hydrogen-bond acceptors (Lipinski definition) is 4. The summed E-state index contributed by atoms with van der Waals surface area (Å²) >= 11 is 0. The molecular formula is C17H15NO3S. The van der Waals surface area contributed by atoms with Crippen LogP contribution in [0.4, 0.5) is 0 Å². The Hall–Kier alpha value is -2.24. The topological polar surface area (TPSA) is 67.3 Å². The van der Waals surface area contributed by atoms with Crippen LogP contribution in [0.2, 0.25) is 0 Å². The van der Waals surface area contributed by atoms with Gasteiger partial charge in [0.05, 0.1) is 17.2 Å². The highest BCUT2D eigenvalue weighted by Crippen LogP contribution is 2.31. The van der Waals surface area contributed by atoms with E-state index in [-0.39, 0.29) is 11.5 Å². The molecule has 4 nitrogen and oxygen atoms in total. The number of sulfone groups is 1. The van der Waals surface area contributed by atoms with Gasteiger partial charge in [-0.1, -0.05) is 36.4 Å². The van der Waals surface area contributed by atoms with E-state index in [0.29, 0.717) is 5.69 Å². The van der Waals surface area contributed by atoms with Crippen LogP contribution in [0.5, 0.6) is 0 Å². The molecule has 0 saturated carbocycles. The van der Waals surface area contributed by atoms with Crippen LogP contribution in [0.25, 0.3) is 21.9 Å². The molecule has 0 aliphatic carbocycles. The van der Waals surface area contributed by atoms with E-state index in [1.54, 1.807) is 30.5 Å². The standard InChI is InChI=1S/C17H15NO3S/c1-22(20,21)14-8-6-12(7-9-14)17-15-5-3-2-4-13(15)10-18-16(17)11-19/h2-10,19H,11H2,1H3. The van der Waals surface area contributed by atoms with Crippen molar-refractivity contribution in [3.63, 3.8) is 0 Å². The van der Waals surface area contributed by atoms with Crippen LogP contribution >= 0.6 is 0 Å². The highest BCUT2D eigenvalue weighted by molar-refractivity contribution is 7.90. The van der Waals surface area contributed by atoms with Gasteiger partial charge in [-0.05, 0) is 23.1 Å². The molecule has 0 radical (unpaired) electrons. The predicted octanol–water partition coefficient (Wildman–Crippen LogP) is 2.80. The lowest BCUT2D eigenvalue weighted by molar-refractivity contribution is 0.277. The van der Waals surface area contributed by atoms with Crippen molar-refractivity contribution in [2.24, 2.45) is 0 Å². The Morgan fingerprint density at radius 3 is 2.36 bits per heavy atom. The maximum atomic E-state index is 11.6. The van der Waals surface area contributed by atoms with Gasteiger partial charge in [-0.25, -0.2) is 8.42 Å². The third-order valence-corrected chi connectivity index (χ3v) is 4.73. The molecule has 0 aliphatic heterocycles. The van der Waals surface area contributed by atoms with Crippen LogP contribution in [0.15, 0.2) is 59.6 Å². The molecule has 0 spiro atoms. The average molecular weight is 313 g/mol. The van der Waals surface area contributed by atoms with Crippen molar-refractivity contribution in [2.45, 2.75) is 11.5 Å². The predicted molar refractivity (Wildman–Crippen MR) is 86.2 cm³/mol. The molecule has 0 bridgehead atoms. The normalized spacial score (nSPS) is 11.7. The summed E-state index contributed by atoms with van der Waals surface area (Å²) in [4.78, 5) is 4.58. The minimum absolute atomic E-state index is 0.173. The summed E-state index contributed by atoms with van der Waals surface area (Å²) < 4.78 is 23.1. The molecule has 2 aromatic carbocycles. The SMILES string of the molecule is CS(=O)(=O)c1ccc(-c2c(CO)ncc3ccccc23)cc1. The van der Waals surface area contributed by atoms with Gasteiger partial charge in [-0.3, -0.25) is 4.98 Å². The van der Waals surface area contributed by atoms with Crippen molar-refractivity contribution in [1.29, 1.82) is 0 Å². The summed E-state index contributed by atoms with van der Waals surface area (Å²) in [5.74, 6) is 0. The van der Waals surface area contributed by atoms with E-state index in [2.05, 4.69) is 4.98 Å². The van der Waals surface area contributed by atoms with Gasteiger partial charge in [0.2, 0.25) is 0 Å². The van der Waals surface area contributed by atoms with E-state index < -0.39 is 9.84 Å². The first-order chi connectivity index (χ1) is 10.5. The van der Waals surface area contributed by atoms with Crippen molar-refractivity contribution < 1.29 is 13.5 Å². The van der Waals surface area contributed by atoms with Gasteiger partial charge in [-0.15, -0.1) is 0 Å². The van der Waals surface area contributed by atoms with Gasteiger partial charge < -0.3 is 5.11 Å². The first-order valence-electron chi connectivity index (χ1n) is 6.78. The maximum absolute atomic E-state index is 11.6. The molecule has 3 rings (SSSR count). The lowest BCUT2D eigenvalue weighted by Crippen LogP contribution is -1.98. The Labute approximate surface area is 129 Å². The van der Waals surface area contributed by atoms with E-state index in [1.165, 1.54) is 6.26 Å². The van der Waals surface area contributed by atoms with Crippen LogP contribution in [-0.2, 0) is 16.4 Å². The fraction of sp³-hybridized carbons (Fsp3) is 0.118. The molecule has 1 aromatic heterocycles. The van der Waals surface area contributed by atoms with Crippen LogP contribution in [-0.4, -0.2) is 24.8 Å². The minimum Gasteiger partial charge on any atom is -0.390 e. The zero-order chi connectivity index (χ0) is 15.7. The number of aliphatic hydroxyl groups is 1. The number of rotatable bonds is 3. The smallest absolute Gasteiger partial charge is 0.175 e. The van der Waals surface area contributed by atoms with Crippen molar-refractivity contribution in [1.82, 2.24) is 4.98 Å². The van der Waals surface area contributed by atoms with Crippen molar-refractivity contribution in [3.8, 4) is 11.1 Å². The molecule has 0 aliphatic rings. The van der Waals surface area contributed by atoms with Gasteiger partial charge >= 0.3 is 0 Å². The molecule has 112 valence electrons. The molecule has 0 unspecified atom stereocenters. The number of nitrogens with zero attached hydrogens (tertiary/aromatic N) is 1. The summed E-state index contributed by atoms with van der Waals surface area (Å²) in [5.41, 5.74) is 2.24. The number of fused-ring (bicyclic) bond motifs is 1. The summed E-state index contributed by atoms with van der Waals surface area (Å²) in [7, 11) is -3.22. The molecule has 3 aromatic rings. The molecule has 0 atom stereocenters. The van der Waals surface area contributed by atoms with Gasteiger partial charge in [0.1, 0.15) is 0 Å². The van der Waals surface area contributed by atoms with E-state index in [0.717, 1.165) is 21.9 Å². The Bertz CT molecular complexity index is 932. The maximum Gasteiger partial charge on any atom is 0.175 e. The van der Waals surface area contributed by atoms with Crippen LogP contribution in [0, 0.1) is 0 Å². The van der Waals surface area contributed by atoms with Gasteiger partial charge in [0, 0.05) is 23.4 Å². The molecule has 0 saturated heterocycles. The lowest BCUT2D eigenvalue weighted by Gasteiger charge is -2.11. The second-order valence-electron chi connectivity index (χ2n) is 5.12. The molecule has 0 amide bonds. The molecule has 22 heavy (non-hydrogen) atoms. The van der Waals surface area contributed by atoms with E-state index in [1.807, 2.05) is 24.3 Å². The number of hydrogen-bond donors (Lipinski definition) is 1. The van der Waals surface area contributed by atoms with Gasteiger partial charge in [0.25, 0.3) is 0 Å². The molecule has 1 heterocycles. The summed E-state index contributed by atoms with van der Waals surface area (Å²) in [6.07, 6.45) is 2.91. The minimum atomic E-state index is -3.22. The monoisotopic (exact) mass is 313 g/mol. The zero-order valence-corrected chi connectivity index (χ0v) is 12.8. The van der Waals surface area contributed by atoms with E-state index >= 15 is 0 Å². The molecule has 5 heteroatoms. The first kappa shape index (κ1) is 14.7. The summed E-state index contributed by atoms with van der Waals surface area (Å²) in [6.45, 7) is -0.173. The van der Waals surface area contributed by atoms with Crippen molar-refractivity contribution >= 4 is 20.6 Å². The molecule has 0 fully saturated rings. The number of aliphatic hydroxyl groups excluding tert-OH is 1. The average Bonchev–Trinajstić information content (AvgIpc) is 2.53. The largest absolute Gasteiger partial charge is 0.390 e. The Kier molecular flexibility index (Phi) is 3.68. The summed E-state index contributed by atoms with van der Waals surface area (Å²) in [5, 5.41) is 11.5. The van der Waals surface area contributed by atoms with Crippen LogP contribution in [0.3, 0.4) is 0 Å². The summed E-state index contributed by atoms with van der Waals surface area (Å²) in [6, 6.07) is 14.4. The second kappa shape index (κ2) is 5.51. The first-order valence-corrected chi connectivity index (χ1v) is 8.68. The Morgan fingerprint density at radius 2 is 1.73 bits per heavy atom. The van der Waals surface area contributed by atoms with Gasteiger partial charge in [-0.2, -0.15) is 0 Å². The molecule has 1 N–H and O–H groups in total. The van der Waals surface area contributed by atoms with Crippen molar-refractivity contribution in [2.75, 3.05) is 6.26 Å². The van der Waals surface area contributed by atoms with Crippen LogP contribution < -0.4 is 0 Å². The quantitative estimate of drug-likeness (QED) is 0.807. The number of aromatic nitrogens is 1. The zero-order valence-electron chi connectivity index (χ0n) is 12.0. The number of pyridine rings is 1. The fourth-order valence-electron chi connectivity index (χ4n) is 2.52. The second-order valence-corrected chi connectivity index (χ2v) is 7.14. The third kappa shape index (κ3) is 2.61. The number of benzene rings is 2. The Morgan fingerprint density at radius 1 is 1.05 bits per heavy atom. The highest BCUT2D eigenvalue weighted by atomic mass is 32.2. The van der Waals surface area contributed by atoms with E-state index in [4.69, 9.17) is 0 Å². The van der Waals surface area contributed by atoms with Crippen molar-refractivity contribution in [3.05, 3.63) is 60.4 Å². The van der Waals surface area contributed by atoms with Gasteiger partial charge in [0.15, 0.2) is 9.84 Å². The Balaban J connectivity index is 2.25. The highest BCUT2D eigenvalue weighted by Gasteiger charge is 2.12. The van der Waals surface area contributed by atoms with E-state index in [9.17, 15) is 13.5 Å². The fourth-order valence-corrected chi connectivity index (χ4v) is 3.15. The van der Waals surface area contributed by atoms with Crippen LogP contribution in [0.1, 0.15) is 5.69 Å². The lowest BCUT2D eigenvalue weighted by atomic mass is 9.98.